The maximum absolute atomic E-state index is 9.51. The number of nitrogens with one attached hydrogen (secondary N) is 2. The highest BCUT2D eigenvalue weighted by Crippen LogP contribution is 2.04. The summed E-state index contributed by atoms with van der Waals surface area (Å²) in [5, 5.41) is 5.90. The van der Waals surface area contributed by atoms with Gasteiger partial charge >= 0.3 is 0 Å². The molecule has 0 aromatic carbocycles. The molecule has 0 aliphatic rings. The molecule has 52 valence electrons. The van der Waals surface area contributed by atoms with Crippen molar-refractivity contribution in [1.82, 2.24) is 10.6 Å². The smallest absolute Gasteiger partial charge is 0.238 e. The maximum atomic E-state index is 9.51. The van der Waals surface area contributed by atoms with E-state index in [1.807, 2.05) is 7.05 Å². The summed E-state index contributed by atoms with van der Waals surface area (Å²) in [4.78, 5) is 9.51. The summed E-state index contributed by atoms with van der Waals surface area (Å²) in [5.41, 5.74) is 0. The van der Waals surface area contributed by atoms with Crippen LogP contribution in [0.4, 0.5) is 0 Å². The highest BCUT2D eigenvalue weighted by Gasteiger charge is 1.79. The Labute approximate surface area is 56.0 Å². The molecule has 0 spiro atoms. The quantitative estimate of drug-likeness (QED) is 0.183. The summed E-state index contributed by atoms with van der Waals surface area (Å²) in [6, 6.07) is 0. The molecule has 9 heavy (non-hydrogen) atoms. The molecule has 2 N–H and O–H groups in total. The third kappa shape index (κ3) is 7.73. The van der Waals surface area contributed by atoms with Gasteiger partial charge in [0, 0.05) is 21.7 Å². The largest absolute Gasteiger partial charge is 0.308 e. The van der Waals surface area contributed by atoms with Crippen LogP contribution in [0.3, 0.4) is 0 Å². The Morgan fingerprint density at radius 3 is 3.11 bits per heavy atom. The molecule has 0 heterocycles. The van der Waals surface area contributed by atoms with Gasteiger partial charge in [-0.25, -0.2) is 4.79 Å². The van der Waals surface area contributed by atoms with Crippen LogP contribution >= 0.6 is 8.73 Å². The average molecular weight is 147 g/mol. The lowest BCUT2D eigenvalue weighted by atomic mass is 11.0. The molecule has 4 nitrogen and oxygen atoms in total. The second-order valence-electron chi connectivity index (χ2n) is 1.32. The summed E-state index contributed by atoms with van der Waals surface area (Å²) in [5.74, 6) is 0. The van der Waals surface area contributed by atoms with Gasteiger partial charge < -0.3 is 5.32 Å². The molecule has 1 unspecified atom stereocenters. The van der Waals surface area contributed by atoms with Crippen molar-refractivity contribution in [2.24, 2.45) is 4.76 Å². The number of carbonyl (C=O) groups excluding carboxylic acids is 1. The molecule has 0 amide bonds. The minimum atomic E-state index is 0.292. The average Bonchev–Trinajstić information content (AvgIpc) is 1.89. The van der Waals surface area contributed by atoms with Gasteiger partial charge in [-0.2, -0.15) is 4.76 Å². The zero-order valence-corrected chi connectivity index (χ0v) is 6.27. The first-order valence-electron chi connectivity index (χ1n) is 2.57. The highest BCUT2D eigenvalue weighted by molar-refractivity contribution is 7.36. The monoisotopic (exact) mass is 147 g/mol. The molecule has 0 radical (unpaired) electrons. The van der Waals surface area contributed by atoms with E-state index in [0.717, 1.165) is 13.0 Å². The van der Waals surface area contributed by atoms with Crippen LogP contribution in [-0.4, -0.2) is 26.1 Å². The van der Waals surface area contributed by atoms with E-state index < -0.39 is 0 Å². The molecular weight excluding hydrogens is 137 g/mol. The summed E-state index contributed by atoms with van der Waals surface area (Å²) in [7, 11) is 2.14. The van der Waals surface area contributed by atoms with Crippen molar-refractivity contribution in [1.29, 1.82) is 0 Å². The zero-order chi connectivity index (χ0) is 6.95. The fourth-order valence-electron chi connectivity index (χ4n) is 0.315. The van der Waals surface area contributed by atoms with Gasteiger partial charge in [-0.15, -0.1) is 0 Å². The van der Waals surface area contributed by atoms with E-state index in [2.05, 4.69) is 15.4 Å². The van der Waals surface area contributed by atoms with Gasteiger partial charge in [0.1, 0.15) is 0 Å². The van der Waals surface area contributed by atoms with Crippen LogP contribution in [0.2, 0.25) is 0 Å². The lowest BCUT2D eigenvalue weighted by Crippen LogP contribution is -2.24. The van der Waals surface area contributed by atoms with Crippen molar-refractivity contribution in [2.45, 2.75) is 0 Å². The number of rotatable bonds is 5. The Morgan fingerprint density at radius 1 is 1.78 bits per heavy atom. The third-order valence-corrected chi connectivity index (χ3v) is 1.29. The van der Waals surface area contributed by atoms with E-state index in [-0.39, 0.29) is 0 Å². The third-order valence-electron chi connectivity index (χ3n) is 0.631. The van der Waals surface area contributed by atoms with Crippen molar-refractivity contribution in [3.63, 3.8) is 0 Å². The minimum absolute atomic E-state index is 0.292. The van der Waals surface area contributed by atoms with Gasteiger partial charge in [-0.3, -0.25) is 5.32 Å². The van der Waals surface area contributed by atoms with E-state index in [1.54, 1.807) is 0 Å². The highest BCUT2D eigenvalue weighted by atomic mass is 31.1. The molecule has 0 rings (SSSR count). The number of isocyanates is 1. The van der Waals surface area contributed by atoms with Crippen LogP contribution in [0.1, 0.15) is 0 Å². The molecular formula is C4H10N3OP. The van der Waals surface area contributed by atoms with Gasteiger partial charge in [-0.1, -0.05) is 0 Å². The van der Waals surface area contributed by atoms with Gasteiger partial charge in [0.05, 0.1) is 0 Å². The maximum Gasteiger partial charge on any atom is 0.238 e. The molecule has 5 heteroatoms. The molecule has 0 bridgehead atoms. The first kappa shape index (κ1) is 8.73. The normalized spacial score (nSPS) is 9.89. The molecule has 0 saturated carbocycles. The van der Waals surface area contributed by atoms with Gasteiger partial charge in [0.2, 0.25) is 6.08 Å². The van der Waals surface area contributed by atoms with E-state index >= 15 is 0 Å². The Balaban J connectivity index is 2.82. The van der Waals surface area contributed by atoms with Crippen molar-refractivity contribution in [2.75, 3.05) is 20.0 Å². The molecule has 1 atom stereocenters. The van der Waals surface area contributed by atoms with E-state index in [0.29, 0.717) is 8.73 Å². The van der Waals surface area contributed by atoms with Gasteiger partial charge in [0.25, 0.3) is 0 Å². The van der Waals surface area contributed by atoms with Crippen LogP contribution in [0.15, 0.2) is 4.76 Å². The van der Waals surface area contributed by atoms with Crippen LogP contribution in [0.5, 0.6) is 0 Å². The molecule has 0 saturated heterocycles. The van der Waals surface area contributed by atoms with Crippen LogP contribution in [0.25, 0.3) is 0 Å². The molecule has 0 aromatic rings. The van der Waals surface area contributed by atoms with Crippen molar-refractivity contribution >= 4 is 14.8 Å². The van der Waals surface area contributed by atoms with E-state index in [9.17, 15) is 4.79 Å². The second-order valence-corrected chi connectivity index (χ2v) is 2.21. The molecule has 0 fully saturated rings. The molecule has 0 aliphatic heterocycles. The number of nitrogens with zero attached hydrogens (tertiary/aromatic N) is 1. The Morgan fingerprint density at radius 2 is 2.56 bits per heavy atom. The second kappa shape index (κ2) is 7.73. The van der Waals surface area contributed by atoms with Gasteiger partial charge in [0.15, 0.2) is 0 Å². The fourth-order valence-corrected chi connectivity index (χ4v) is 0.696. The van der Waals surface area contributed by atoms with E-state index in [1.165, 1.54) is 6.08 Å². The number of hydrogen-bond acceptors (Lipinski definition) is 4. The Kier molecular flexibility index (Phi) is 7.50. The summed E-state index contributed by atoms with van der Waals surface area (Å²) >= 11 is 0. The first-order valence-corrected chi connectivity index (χ1v) is 3.72. The predicted molar refractivity (Wildman–Crippen MR) is 38.4 cm³/mol. The summed E-state index contributed by atoms with van der Waals surface area (Å²) in [6.07, 6.45) is 2.22. The summed E-state index contributed by atoms with van der Waals surface area (Å²) in [6.45, 7) is 0.751. The van der Waals surface area contributed by atoms with Crippen LogP contribution in [-0.2, 0) is 4.79 Å². The van der Waals surface area contributed by atoms with Crippen molar-refractivity contribution in [3.8, 4) is 0 Å². The fraction of sp³-hybridized carbons (Fsp3) is 0.750. The van der Waals surface area contributed by atoms with Gasteiger partial charge in [-0.05, 0) is 7.05 Å². The SMILES string of the molecule is CNCNCPN=C=O. The van der Waals surface area contributed by atoms with Crippen molar-refractivity contribution < 1.29 is 4.79 Å². The lowest BCUT2D eigenvalue weighted by molar-refractivity contribution is 0.566. The van der Waals surface area contributed by atoms with Crippen LogP contribution < -0.4 is 10.6 Å². The first-order chi connectivity index (χ1) is 4.41. The molecule has 0 aliphatic carbocycles. The number of hydrogen-bond donors (Lipinski definition) is 2. The predicted octanol–water partition coefficient (Wildman–Crippen LogP) is -0.360. The Hall–Kier alpha value is -0.270. The lowest BCUT2D eigenvalue weighted by Gasteiger charge is -1.97. The zero-order valence-electron chi connectivity index (χ0n) is 5.27. The van der Waals surface area contributed by atoms with Crippen molar-refractivity contribution in [3.05, 3.63) is 0 Å². The van der Waals surface area contributed by atoms with Crippen LogP contribution in [0, 0.1) is 0 Å². The van der Waals surface area contributed by atoms with E-state index in [4.69, 9.17) is 0 Å². The Bertz CT molecular complexity index is 102. The molecule has 0 aromatic heterocycles. The topological polar surface area (TPSA) is 53.5 Å². The standard InChI is InChI=1S/C4H10N3OP/c1-5-2-6-4-9-7-3-8/h5-6,9H,2,4H2,1H3. The minimum Gasteiger partial charge on any atom is -0.308 e. The summed E-state index contributed by atoms with van der Waals surface area (Å²) < 4.78 is 3.38.